The molecule has 1 aromatic rings. The molecule has 0 unspecified atom stereocenters. The van der Waals surface area contributed by atoms with Crippen molar-refractivity contribution in [1.29, 1.82) is 0 Å². The van der Waals surface area contributed by atoms with E-state index in [0.29, 0.717) is 18.9 Å². The van der Waals surface area contributed by atoms with E-state index in [0.717, 1.165) is 38.2 Å². The minimum atomic E-state index is -4.56. The van der Waals surface area contributed by atoms with Gasteiger partial charge in [0.2, 0.25) is 0 Å². The molecule has 9 heteroatoms. The Morgan fingerprint density at radius 1 is 1.23 bits per heavy atom. The topological polar surface area (TPSA) is 76.1 Å². The van der Waals surface area contributed by atoms with Gasteiger partial charge in [0.25, 0.3) is 5.91 Å². The first-order valence-corrected chi connectivity index (χ1v) is 12.7. The summed E-state index contributed by atoms with van der Waals surface area (Å²) in [5.74, 6) is 0.718. The van der Waals surface area contributed by atoms with Crippen LogP contribution in [0, 0.1) is 31.1 Å². The van der Waals surface area contributed by atoms with Crippen molar-refractivity contribution in [3.63, 3.8) is 0 Å². The fourth-order valence-corrected chi connectivity index (χ4v) is 6.77. The van der Waals surface area contributed by atoms with Crippen molar-refractivity contribution in [3.05, 3.63) is 28.6 Å². The molecule has 1 amide bonds. The summed E-state index contributed by atoms with van der Waals surface area (Å²) in [4.78, 5) is 16.4. The number of hydrogen-bond donors (Lipinski definition) is 1. The Morgan fingerprint density at radius 2 is 1.87 bits per heavy atom. The minimum Gasteiger partial charge on any atom is -0.351 e. The number of carbonyl (C=O) groups is 1. The van der Waals surface area contributed by atoms with Crippen molar-refractivity contribution >= 4 is 15.7 Å². The van der Waals surface area contributed by atoms with Crippen molar-refractivity contribution in [1.82, 2.24) is 10.3 Å². The molecule has 2 fully saturated rings. The van der Waals surface area contributed by atoms with E-state index < -0.39 is 27.6 Å². The van der Waals surface area contributed by atoms with Crippen LogP contribution in [-0.4, -0.2) is 37.4 Å². The molecule has 1 aromatic heterocycles. The molecule has 0 atom stereocenters. The number of alkyl halides is 3. The second kappa shape index (κ2) is 8.71. The number of nitrogens with one attached hydrogen (secondary N) is 1. The summed E-state index contributed by atoms with van der Waals surface area (Å²) in [5, 5.41) is 2.91. The first-order chi connectivity index (χ1) is 14.3. The lowest BCUT2D eigenvalue weighted by molar-refractivity contribution is -0.141. The van der Waals surface area contributed by atoms with E-state index in [1.165, 1.54) is 13.8 Å². The highest BCUT2D eigenvalue weighted by atomic mass is 32.2. The number of pyridine rings is 1. The average Bonchev–Trinajstić information content (AvgIpc) is 3.40. The van der Waals surface area contributed by atoms with E-state index in [1.54, 1.807) is 0 Å². The third-order valence-corrected chi connectivity index (χ3v) is 8.42. The van der Waals surface area contributed by atoms with Crippen molar-refractivity contribution in [2.45, 2.75) is 65.5 Å². The second-order valence-corrected chi connectivity index (χ2v) is 11.7. The maximum Gasteiger partial charge on any atom is 0.433 e. The van der Waals surface area contributed by atoms with Crippen molar-refractivity contribution in [2.24, 2.45) is 17.3 Å². The fourth-order valence-electron chi connectivity index (χ4n) is 5.03. The van der Waals surface area contributed by atoms with Gasteiger partial charge >= 0.3 is 6.18 Å². The number of halogens is 3. The predicted octanol–water partition coefficient (Wildman–Crippen LogP) is 4.47. The van der Waals surface area contributed by atoms with Crippen LogP contribution in [-0.2, 0) is 16.0 Å². The van der Waals surface area contributed by atoms with Crippen molar-refractivity contribution < 1.29 is 26.4 Å². The van der Waals surface area contributed by atoms with Crippen LogP contribution in [0.1, 0.15) is 72.8 Å². The Bertz CT molecular complexity index is 911. The first kappa shape index (κ1) is 24.0. The van der Waals surface area contributed by atoms with E-state index in [2.05, 4.69) is 10.3 Å². The van der Waals surface area contributed by atoms with Crippen LogP contribution < -0.4 is 5.32 Å². The Kier molecular flexibility index (Phi) is 6.75. The van der Waals surface area contributed by atoms with Gasteiger partial charge in [-0.05, 0) is 68.4 Å². The van der Waals surface area contributed by atoms with Gasteiger partial charge in [0.05, 0.1) is 17.0 Å². The summed E-state index contributed by atoms with van der Waals surface area (Å²) < 4.78 is 63.2. The summed E-state index contributed by atoms with van der Waals surface area (Å²) in [7, 11) is -3.04. The first-order valence-electron chi connectivity index (χ1n) is 10.9. The van der Waals surface area contributed by atoms with Gasteiger partial charge in [-0.2, -0.15) is 13.2 Å². The SMILES string of the molecule is CCCS(=O)(=O)C[C@H]1C[C@](CNC(=O)c2c(C)cc(C(F)(F)F)nc2C)(CC2CC2)C1. The Morgan fingerprint density at radius 3 is 2.39 bits per heavy atom. The standard InChI is InChI=1S/C22H31F3N2O3S/c1-4-7-31(29,30)12-17-10-21(11-17,9-16-5-6-16)13-26-20(28)19-14(2)8-18(22(23,24)25)27-15(19)3/h8,16-17H,4-7,9-13H2,1-3H3,(H,26,28)/t17-,21+. The van der Waals surface area contributed by atoms with Gasteiger partial charge in [0, 0.05) is 12.3 Å². The van der Waals surface area contributed by atoms with Crippen LogP contribution in [0.25, 0.3) is 0 Å². The summed E-state index contributed by atoms with van der Waals surface area (Å²) in [6.07, 6.45) is 0.855. The minimum absolute atomic E-state index is 0.0539. The maximum atomic E-state index is 13.0. The van der Waals surface area contributed by atoms with Gasteiger partial charge in [-0.3, -0.25) is 4.79 Å². The Balaban J connectivity index is 1.66. The predicted molar refractivity (Wildman–Crippen MR) is 112 cm³/mol. The molecule has 1 N–H and O–H groups in total. The number of aromatic nitrogens is 1. The molecule has 174 valence electrons. The van der Waals surface area contributed by atoms with Crippen LogP contribution in [0.3, 0.4) is 0 Å². The van der Waals surface area contributed by atoms with Crippen molar-refractivity contribution in [2.75, 3.05) is 18.1 Å². The lowest BCUT2D eigenvalue weighted by Crippen LogP contribution is -2.48. The van der Waals surface area contributed by atoms with E-state index in [9.17, 15) is 26.4 Å². The summed E-state index contributed by atoms with van der Waals surface area (Å²) >= 11 is 0. The monoisotopic (exact) mass is 460 g/mol. The third kappa shape index (κ3) is 5.99. The Hall–Kier alpha value is -1.64. The highest BCUT2D eigenvalue weighted by Crippen LogP contribution is 2.54. The highest BCUT2D eigenvalue weighted by Gasteiger charge is 2.48. The van der Waals surface area contributed by atoms with E-state index in [-0.39, 0.29) is 39.7 Å². The van der Waals surface area contributed by atoms with Crippen LogP contribution in [0.2, 0.25) is 0 Å². The molecular formula is C22H31F3N2O3S. The molecule has 0 radical (unpaired) electrons. The number of carbonyl (C=O) groups excluding carboxylic acids is 1. The molecule has 3 rings (SSSR count). The van der Waals surface area contributed by atoms with Gasteiger partial charge in [0.15, 0.2) is 9.84 Å². The van der Waals surface area contributed by atoms with Gasteiger partial charge in [0.1, 0.15) is 5.69 Å². The molecule has 0 bridgehead atoms. The fraction of sp³-hybridized carbons (Fsp3) is 0.727. The number of rotatable bonds is 9. The second-order valence-electron chi connectivity index (χ2n) is 9.50. The van der Waals surface area contributed by atoms with Gasteiger partial charge in [-0.25, -0.2) is 13.4 Å². The number of sulfone groups is 1. The molecule has 0 spiro atoms. The number of aryl methyl sites for hydroxylation is 2. The normalized spacial score (nSPS) is 24.0. The largest absolute Gasteiger partial charge is 0.433 e. The zero-order valence-corrected chi connectivity index (χ0v) is 19.1. The maximum absolute atomic E-state index is 13.0. The van der Waals surface area contributed by atoms with Crippen LogP contribution in [0.4, 0.5) is 13.2 Å². The molecule has 2 aliphatic rings. The molecule has 2 aliphatic carbocycles. The number of nitrogens with zero attached hydrogens (tertiary/aromatic N) is 1. The Labute approximate surface area is 182 Å². The smallest absolute Gasteiger partial charge is 0.351 e. The number of hydrogen-bond acceptors (Lipinski definition) is 4. The molecule has 0 aliphatic heterocycles. The number of amides is 1. The van der Waals surface area contributed by atoms with Gasteiger partial charge in [-0.15, -0.1) is 0 Å². The molecule has 2 saturated carbocycles. The van der Waals surface area contributed by atoms with Crippen LogP contribution in [0.5, 0.6) is 0 Å². The van der Waals surface area contributed by atoms with Gasteiger partial charge in [-0.1, -0.05) is 19.8 Å². The third-order valence-electron chi connectivity index (χ3n) is 6.41. The molecule has 31 heavy (non-hydrogen) atoms. The van der Waals surface area contributed by atoms with Crippen molar-refractivity contribution in [3.8, 4) is 0 Å². The van der Waals surface area contributed by atoms with E-state index >= 15 is 0 Å². The quantitative estimate of drug-likeness (QED) is 0.590. The van der Waals surface area contributed by atoms with E-state index in [1.807, 2.05) is 6.92 Å². The highest BCUT2D eigenvalue weighted by molar-refractivity contribution is 7.91. The zero-order valence-electron chi connectivity index (χ0n) is 18.3. The molecule has 1 heterocycles. The lowest BCUT2D eigenvalue weighted by Gasteiger charge is -2.48. The van der Waals surface area contributed by atoms with Crippen LogP contribution >= 0.6 is 0 Å². The average molecular weight is 461 g/mol. The summed E-state index contributed by atoms with van der Waals surface area (Å²) in [6.45, 7) is 5.16. The molecule has 0 saturated heterocycles. The zero-order chi connectivity index (χ0) is 23.0. The molecule has 0 aromatic carbocycles. The molecule has 5 nitrogen and oxygen atoms in total. The molecular weight excluding hydrogens is 429 g/mol. The van der Waals surface area contributed by atoms with Gasteiger partial charge < -0.3 is 5.32 Å². The van der Waals surface area contributed by atoms with E-state index in [4.69, 9.17) is 0 Å². The summed E-state index contributed by atoms with van der Waals surface area (Å²) in [5.41, 5.74) is -0.649. The summed E-state index contributed by atoms with van der Waals surface area (Å²) in [6, 6.07) is 0.903. The van der Waals surface area contributed by atoms with Crippen LogP contribution in [0.15, 0.2) is 6.07 Å². The lowest BCUT2D eigenvalue weighted by atomic mass is 9.60.